The van der Waals surface area contributed by atoms with Crippen molar-refractivity contribution in [2.45, 2.75) is 38.1 Å². The fourth-order valence-corrected chi connectivity index (χ4v) is 4.11. The molecule has 2 aliphatic rings. The van der Waals surface area contributed by atoms with Crippen molar-refractivity contribution in [3.63, 3.8) is 0 Å². The number of nitrogens with two attached hydrogens (primary N) is 1. The summed E-state index contributed by atoms with van der Waals surface area (Å²) in [6, 6.07) is 3.46. The summed E-state index contributed by atoms with van der Waals surface area (Å²) in [5.41, 5.74) is 8.73. The molecule has 1 fully saturated rings. The Balaban J connectivity index is 1.79. The number of hydrogen-bond donors (Lipinski definition) is 2. The van der Waals surface area contributed by atoms with E-state index in [9.17, 15) is 4.79 Å². The summed E-state index contributed by atoms with van der Waals surface area (Å²) in [4.78, 5) is 14.0. The molecule has 1 aliphatic carbocycles. The zero-order valence-corrected chi connectivity index (χ0v) is 13.9. The molecule has 1 heterocycles. The number of anilines is 2. The first kappa shape index (κ1) is 14.9. The minimum absolute atomic E-state index is 0.121. The largest absolute Gasteiger partial charge is 0.373 e. The van der Waals surface area contributed by atoms with E-state index in [-0.39, 0.29) is 5.91 Å². The zero-order chi connectivity index (χ0) is 15.0. The van der Waals surface area contributed by atoms with Crippen molar-refractivity contribution in [1.82, 2.24) is 0 Å². The summed E-state index contributed by atoms with van der Waals surface area (Å²) in [5.74, 6) is 0.657. The summed E-state index contributed by atoms with van der Waals surface area (Å²) >= 11 is 3.63. The molecule has 1 atom stereocenters. The average molecular weight is 352 g/mol. The van der Waals surface area contributed by atoms with Crippen molar-refractivity contribution in [2.24, 2.45) is 11.7 Å². The van der Waals surface area contributed by atoms with E-state index in [1.54, 1.807) is 0 Å². The normalized spacial score (nSPS) is 22.0. The highest BCUT2D eigenvalue weighted by Crippen LogP contribution is 2.38. The van der Waals surface area contributed by atoms with Crippen LogP contribution in [0.1, 0.15) is 43.7 Å². The molecule has 1 aromatic carbocycles. The molecule has 3 N–H and O–H groups in total. The molecule has 1 aromatic rings. The lowest BCUT2D eigenvalue weighted by atomic mass is 9.89. The standard InChI is InChI=1S/C16H22BrN3O/c1-20(9-10-5-3-2-4-6-10)14-8-13-11(7-12(14)17)15(18)16(21)19-13/h7-8,10,15H,2-6,9,18H2,1H3,(H,19,21). The lowest BCUT2D eigenvalue weighted by Gasteiger charge is -2.29. The van der Waals surface area contributed by atoms with Gasteiger partial charge in [0.2, 0.25) is 5.91 Å². The van der Waals surface area contributed by atoms with Gasteiger partial charge in [-0.3, -0.25) is 4.79 Å². The van der Waals surface area contributed by atoms with Crippen LogP contribution in [0.15, 0.2) is 16.6 Å². The fraction of sp³-hybridized carbons (Fsp3) is 0.562. The first-order valence-corrected chi connectivity index (χ1v) is 8.46. The quantitative estimate of drug-likeness (QED) is 0.876. The lowest BCUT2D eigenvalue weighted by Crippen LogP contribution is -2.27. The zero-order valence-electron chi connectivity index (χ0n) is 12.4. The fourth-order valence-electron chi connectivity index (χ4n) is 3.44. The second kappa shape index (κ2) is 5.97. The van der Waals surface area contributed by atoms with Crippen LogP contribution >= 0.6 is 15.9 Å². The molecule has 4 nitrogen and oxygen atoms in total. The second-order valence-electron chi connectivity index (χ2n) is 6.24. The maximum absolute atomic E-state index is 11.7. The molecule has 3 rings (SSSR count). The van der Waals surface area contributed by atoms with E-state index in [1.165, 1.54) is 32.1 Å². The maximum Gasteiger partial charge on any atom is 0.245 e. The molecule has 1 aliphatic heterocycles. The Kier molecular flexibility index (Phi) is 4.22. The van der Waals surface area contributed by atoms with Gasteiger partial charge in [-0.1, -0.05) is 19.3 Å². The smallest absolute Gasteiger partial charge is 0.245 e. The summed E-state index contributed by atoms with van der Waals surface area (Å²) in [5, 5.41) is 2.86. The van der Waals surface area contributed by atoms with Crippen molar-refractivity contribution in [1.29, 1.82) is 0 Å². The minimum Gasteiger partial charge on any atom is -0.373 e. The van der Waals surface area contributed by atoms with Crippen LogP contribution in [0, 0.1) is 5.92 Å². The van der Waals surface area contributed by atoms with Crippen LogP contribution in [0.5, 0.6) is 0 Å². The molecule has 1 unspecified atom stereocenters. The van der Waals surface area contributed by atoms with Crippen molar-refractivity contribution in [3.05, 3.63) is 22.2 Å². The van der Waals surface area contributed by atoms with Crippen LogP contribution in [0.3, 0.4) is 0 Å². The molecular weight excluding hydrogens is 330 g/mol. The van der Waals surface area contributed by atoms with Gasteiger partial charge in [0.25, 0.3) is 0 Å². The first-order chi connectivity index (χ1) is 10.1. The predicted molar refractivity (Wildman–Crippen MR) is 89.5 cm³/mol. The highest BCUT2D eigenvalue weighted by molar-refractivity contribution is 9.10. The minimum atomic E-state index is -0.547. The number of hydrogen-bond acceptors (Lipinski definition) is 3. The van der Waals surface area contributed by atoms with E-state index < -0.39 is 6.04 Å². The Morgan fingerprint density at radius 2 is 2.05 bits per heavy atom. The molecule has 0 bridgehead atoms. The SMILES string of the molecule is CN(CC1CCCCC1)c1cc2c(cc1Br)C(N)C(=O)N2. The van der Waals surface area contributed by atoms with Crippen molar-refractivity contribution in [2.75, 3.05) is 23.8 Å². The summed E-state index contributed by atoms with van der Waals surface area (Å²) in [6.07, 6.45) is 6.75. The number of carbonyl (C=O) groups excluding carboxylic acids is 1. The van der Waals surface area contributed by atoms with Crippen molar-refractivity contribution >= 4 is 33.2 Å². The van der Waals surface area contributed by atoms with Crippen molar-refractivity contribution < 1.29 is 4.79 Å². The van der Waals surface area contributed by atoms with Gasteiger partial charge in [-0.15, -0.1) is 0 Å². The van der Waals surface area contributed by atoms with Gasteiger partial charge in [0, 0.05) is 29.3 Å². The Labute approximate surface area is 134 Å². The molecule has 0 spiro atoms. The van der Waals surface area contributed by atoms with Crippen LogP contribution in [-0.4, -0.2) is 19.5 Å². The second-order valence-corrected chi connectivity index (χ2v) is 7.10. The summed E-state index contributed by atoms with van der Waals surface area (Å²) < 4.78 is 1.01. The van der Waals surface area contributed by atoms with Crippen LogP contribution in [0.25, 0.3) is 0 Å². The molecule has 0 radical (unpaired) electrons. The van der Waals surface area contributed by atoms with E-state index in [2.05, 4.69) is 33.2 Å². The molecule has 114 valence electrons. The van der Waals surface area contributed by atoms with Gasteiger partial charge in [0.1, 0.15) is 6.04 Å². The van der Waals surface area contributed by atoms with Gasteiger partial charge in [-0.2, -0.15) is 0 Å². The Morgan fingerprint density at radius 1 is 1.33 bits per heavy atom. The number of rotatable bonds is 3. The average Bonchev–Trinajstić information content (AvgIpc) is 2.74. The first-order valence-electron chi connectivity index (χ1n) is 7.67. The lowest BCUT2D eigenvalue weighted by molar-refractivity contribution is -0.116. The number of benzene rings is 1. The molecule has 0 aromatic heterocycles. The highest BCUT2D eigenvalue weighted by Gasteiger charge is 2.29. The molecule has 5 heteroatoms. The Hall–Kier alpha value is -1.07. The van der Waals surface area contributed by atoms with Gasteiger partial charge in [-0.25, -0.2) is 0 Å². The molecule has 1 saturated carbocycles. The van der Waals surface area contributed by atoms with E-state index >= 15 is 0 Å². The number of nitrogens with one attached hydrogen (secondary N) is 1. The third-order valence-electron chi connectivity index (χ3n) is 4.66. The van der Waals surface area contributed by atoms with Crippen molar-refractivity contribution in [3.8, 4) is 0 Å². The van der Waals surface area contributed by atoms with Gasteiger partial charge in [0.15, 0.2) is 0 Å². The van der Waals surface area contributed by atoms with Gasteiger partial charge < -0.3 is 16.0 Å². The molecule has 0 saturated heterocycles. The third kappa shape index (κ3) is 2.94. The van der Waals surface area contributed by atoms with Gasteiger partial charge in [0.05, 0.1) is 5.69 Å². The van der Waals surface area contributed by atoms with E-state index in [0.29, 0.717) is 0 Å². The van der Waals surface area contributed by atoms with Crippen LogP contribution in [-0.2, 0) is 4.79 Å². The summed E-state index contributed by atoms with van der Waals surface area (Å²) in [7, 11) is 2.12. The van der Waals surface area contributed by atoms with E-state index in [0.717, 1.165) is 33.9 Å². The van der Waals surface area contributed by atoms with Gasteiger partial charge >= 0.3 is 0 Å². The summed E-state index contributed by atoms with van der Waals surface area (Å²) in [6.45, 7) is 1.07. The van der Waals surface area contributed by atoms with Crippen LogP contribution in [0.4, 0.5) is 11.4 Å². The highest BCUT2D eigenvalue weighted by atomic mass is 79.9. The number of fused-ring (bicyclic) bond motifs is 1. The van der Waals surface area contributed by atoms with E-state index in [4.69, 9.17) is 5.73 Å². The topological polar surface area (TPSA) is 58.4 Å². The number of amides is 1. The van der Waals surface area contributed by atoms with Gasteiger partial charge in [-0.05, 0) is 46.8 Å². The Bertz CT molecular complexity index is 555. The Morgan fingerprint density at radius 3 is 2.76 bits per heavy atom. The molecule has 21 heavy (non-hydrogen) atoms. The molecule has 1 amide bonds. The number of carbonyl (C=O) groups is 1. The van der Waals surface area contributed by atoms with Crippen LogP contribution < -0.4 is 16.0 Å². The number of halogens is 1. The monoisotopic (exact) mass is 351 g/mol. The third-order valence-corrected chi connectivity index (χ3v) is 5.30. The van der Waals surface area contributed by atoms with Crippen LogP contribution in [0.2, 0.25) is 0 Å². The number of nitrogens with zero attached hydrogens (tertiary/aromatic N) is 1. The predicted octanol–water partition coefficient (Wildman–Crippen LogP) is 3.42. The molecular formula is C16H22BrN3O. The van der Waals surface area contributed by atoms with E-state index in [1.807, 2.05) is 12.1 Å². The maximum atomic E-state index is 11.7.